The summed E-state index contributed by atoms with van der Waals surface area (Å²) in [4.78, 5) is 11.4. The Kier molecular flexibility index (Phi) is 4.31. The smallest absolute Gasteiger partial charge is 0.226 e. The van der Waals surface area contributed by atoms with E-state index in [9.17, 15) is 0 Å². The zero-order valence-corrected chi connectivity index (χ0v) is 12.4. The van der Waals surface area contributed by atoms with Crippen LogP contribution >= 0.6 is 12.2 Å². The number of aryl methyl sites for hydroxylation is 1. The summed E-state index contributed by atoms with van der Waals surface area (Å²) < 4.78 is 5.52. The molecule has 2 N–H and O–H groups in total. The van der Waals surface area contributed by atoms with Crippen molar-refractivity contribution >= 4 is 23.2 Å². The van der Waals surface area contributed by atoms with Gasteiger partial charge >= 0.3 is 0 Å². The number of methoxy groups -OCH3 is 1. The van der Waals surface area contributed by atoms with Gasteiger partial charge in [-0.05, 0) is 25.3 Å². The summed E-state index contributed by atoms with van der Waals surface area (Å²) in [6.45, 7) is 5.87. The number of nitrogens with zero attached hydrogens (tertiary/aromatic N) is 3. The molecule has 0 saturated carbocycles. The number of anilines is 1. The Morgan fingerprint density at radius 2 is 2.26 bits per heavy atom. The number of thiocarbonyl (C=S) groups is 1. The number of piperidine rings is 1. The van der Waals surface area contributed by atoms with Gasteiger partial charge in [-0.2, -0.15) is 0 Å². The molecule has 2 rings (SSSR count). The molecule has 0 amide bonds. The van der Waals surface area contributed by atoms with Crippen LogP contribution in [0.2, 0.25) is 0 Å². The Bertz CT molecular complexity index is 480. The molecule has 2 unspecified atom stereocenters. The SMILES string of the molecule is COC1CN(c2nc(C)cc(C(N)=S)n2)CCC1C. The van der Waals surface area contributed by atoms with E-state index in [2.05, 4.69) is 21.8 Å². The molecule has 2 atom stereocenters. The number of hydrogen-bond acceptors (Lipinski definition) is 5. The van der Waals surface area contributed by atoms with Crippen molar-refractivity contribution in [1.29, 1.82) is 0 Å². The highest BCUT2D eigenvalue weighted by atomic mass is 32.1. The molecule has 104 valence electrons. The van der Waals surface area contributed by atoms with Crippen molar-refractivity contribution in [2.45, 2.75) is 26.4 Å². The fourth-order valence-corrected chi connectivity index (χ4v) is 2.45. The van der Waals surface area contributed by atoms with Crippen LogP contribution in [0.25, 0.3) is 0 Å². The van der Waals surface area contributed by atoms with Crippen molar-refractivity contribution in [2.75, 3.05) is 25.1 Å². The van der Waals surface area contributed by atoms with E-state index >= 15 is 0 Å². The number of aromatic nitrogens is 2. The highest BCUT2D eigenvalue weighted by Crippen LogP contribution is 2.22. The standard InChI is InChI=1S/C13H20N4OS/c1-8-4-5-17(7-11(8)18-3)13-15-9(2)6-10(16-13)12(14)19/h6,8,11H,4-5,7H2,1-3H3,(H2,14,19). The molecule has 1 aliphatic heterocycles. The van der Waals surface area contributed by atoms with Crippen LogP contribution in [0.3, 0.4) is 0 Å². The van der Waals surface area contributed by atoms with Crippen LogP contribution in [-0.4, -0.2) is 41.3 Å². The molecule has 2 heterocycles. The quantitative estimate of drug-likeness (QED) is 0.842. The maximum absolute atomic E-state index is 5.65. The lowest BCUT2D eigenvalue weighted by Crippen LogP contribution is -2.44. The molecular weight excluding hydrogens is 260 g/mol. The Morgan fingerprint density at radius 3 is 2.89 bits per heavy atom. The summed E-state index contributed by atoms with van der Waals surface area (Å²) in [6, 6.07) is 1.81. The van der Waals surface area contributed by atoms with E-state index in [1.165, 1.54) is 0 Å². The molecular formula is C13H20N4OS. The number of ether oxygens (including phenoxy) is 1. The molecule has 0 aliphatic carbocycles. The van der Waals surface area contributed by atoms with E-state index in [0.717, 1.165) is 25.2 Å². The maximum atomic E-state index is 5.65. The zero-order valence-electron chi connectivity index (χ0n) is 11.6. The average Bonchev–Trinajstić information content (AvgIpc) is 2.38. The van der Waals surface area contributed by atoms with Crippen molar-refractivity contribution in [3.05, 3.63) is 17.5 Å². The largest absolute Gasteiger partial charge is 0.388 e. The van der Waals surface area contributed by atoms with Crippen LogP contribution in [0, 0.1) is 12.8 Å². The Hall–Kier alpha value is -1.27. The summed E-state index contributed by atoms with van der Waals surface area (Å²) in [5.41, 5.74) is 7.16. The van der Waals surface area contributed by atoms with Crippen molar-refractivity contribution in [1.82, 2.24) is 9.97 Å². The van der Waals surface area contributed by atoms with Crippen LogP contribution in [-0.2, 0) is 4.74 Å². The molecule has 5 nitrogen and oxygen atoms in total. The minimum atomic E-state index is 0.214. The molecule has 19 heavy (non-hydrogen) atoms. The predicted octanol–water partition coefficient (Wildman–Crippen LogP) is 1.28. The second kappa shape index (κ2) is 5.79. The van der Waals surface area contributed by atoms with Crippen molar-refractivity contribution in [2.24, 2.45) is 11.7 Å². The minimum Gasteiger partial charge on any atom is -0.388 e. The second-order valence-electron chi connectivity index (χ2n) is 5.04. The van der Waals surface area contributed by atoms with Gasteiger partial charge in [0.15, 0.2) is 0 Å². The average molecular weight is 280 g/mol. The van der Waals surface area contributed by atoms with Crippen LogP contribution in [0.1, 0.15) is 24.7 Å². The zero-order chi connectivity index (χ0) is 14.0. The van der Waals surface area contributed by atoms with E-state index in [4.69, 9.17) is 22.7 Å². The first kappa shape index (κ1) is 14.1. The molecule has 0 radical (unpaired) electrons. The maximum Gasteiger partial charge on any atom is 0.226 e. The molecule has 1 fully saturated rings. The van der Waals surface area contributed by atoms with Gasteiger partial charge in [-0.3, -0.25) is 0 Å². The lowest BCUT2D eigenvalue weighted by Gasteiger charge is -2.36. The van der Waals surface area contributed by atoms with Crippen LogP contribution < -0.4 is 10.6 Å². The topological polar surface area (TPSA) is 64.3 Å². The van der Waals surface area contributed by atoms with Crippen LogP contribution in [0.4, 0.5) is 5.95 Å². The highest BCUT2D eigenvalue weighted by Gasteiger charge is 2.27. The molecule has 0 aromatic carbocycles. The van der Waals surface area contributed by atoms with Crippen LogP contribution in [0.15, 0.2) is 6.07 Å². The second-order valence-corrected chi connectivity index (χ2v) is 5.48. The first-order valence-corrected chi connectivity index (χ1v) is 6.85. The monoisotopic (exact) mass is 280 g/mol. The Balaban J connectivity index is 2.24. The van der Waals surface area contributed by atoms with Gasteiger partial charge in [0.1, 0.15) is 10.7 Å². The lowest BCUT2D eigenvalue weighted by atomic mass is 9.96. The van der Waals surface area contributed by atoms with Gasteiger partial charge in [0.2, 0.25) is 5.95 Å². The minimum absolute atomic E-state index is 0.214. The van der Waals surface area contributed by atoms with Gasteiger partial charge in [0.25, 0.3) is 0 Å². The summed E-state index contributed by atoms with van der Waals surface area (Å²) in [5.74, 6) is 1.25. The van der Waals surface area contributed by atoms with Crippen molar-refractivity contribution in [3.63, 3.8) is 0 Å². The highest BCUT2D eigenvalue weighted by molar-refractivity contribution is 7.80. The predicted molar refractivity (Wildman–Crippen MR) is 79.4 cm³/mol. The first-order chi connectivity index (χ1) is 9.01. The molecule has 6 heteroatoms. The Labute approximate surface area is 119 Å². The molecule has 1 aromatic heterocycles. The molecule has 1 aliphatic rings. The molecule has 1 saturated heterocycles. The summed E-state index contributed by atoms with van der Waals surface area (Å²) in [6.07, 6.45) is 1.28. The molecule has 0 spiro atoms. The number of hydrogen-bond donors (Lipinski definition) is 1. The summed E-state index contributed by atoms with van der Waals surface area (Å²) in [7, 11) is 1.75. The fourth-order valence-electron chi connectivity index (χ4n) is 2.34. The fraction of sp³-hybridized carbons (Fsp3) is 0.615. The third-order valence-corrected chi connectivity index (χ3v) is 3.78. The Morgan fingerprint density at radius 1 is 1.53 bits per heavy atom. The van der Waals surface area contributed by atoms with E-state index in [1.807, 2.05) is 13.0 Å². The van der Waals surface area contributed by atoms with Gasteiger partial charge in [-0.15, -0.1) is 0 Å². The van der Waals surface area contributed by atoms with E-state index in [0.29, 0.717) is 22.5 Å². The van der Waals surface area contributed by atoms with E-state index < -0.39 is 0 Å². The van der Waals surface area contributed by atoms with Crippen molar-refractivity contribution < 1.29 is 4.74 Å². The van der Waals surface area contributed by atoms with E-state index in [1.54, 1.807) is 7.11 Å². The van der Waals surface area contributed by atoms with Gasteiger partial charge in [-0.25, -0.2) is 9.97 Å². The lowest BCUT2D eigenvalue weighted by molar-refractivity contribution is 0.0494. The summed E-state index contributed by atoms with van der Waals surface area (Å²) in [5, 5.41) is 0. The van der Waals surface area contributed by atoms with Crippen molar-refractivity contribution in [3.8, 4) is 0 Å². The summed E-state index contributed by atoms with van der Waals surface area (Å²) >= 11 is 4.99. The van der Waals surface area contributed by atoms with E-state index in [-0.39, 0.29) is 6.10 Å². The van der Waals surface area contributed by atoms with Gasteiger partial charge in [0.05, 0.1) is 6.10 Å². The van der Waals surface area contributed by atoms with Gasteiger partial charge in [0, 0.05) is 25.9 Å². The van der Waals surface area contributed by atoms with Crippen LogP contribution in [0.5, 0.6) is 0 Å². The first-order valence-electron chi connectivity index (χ1n) is 6.44. The molecule has 0 bridgehead atoms. The van der Waals surface area contributed by atoms with Gasteiger partial charge < -0.3 is 15.4 Å². The number of nitrogens with two attached hydrogens (primary N) is 1. The third kappa shape index (κ3) is 3.19. The molecule has 1 aromatic rings. The number of rotatable bonds is 3. The normalized spacial score (nSPS) is 23.4. The van der Waals surface area contributed by atoms with Gasteiger partial charge in [-0.1, -0.05) is 19.1 Å². The third-order valence-electron chi connectivity index (χ3n) is 3.57.